The highest BCUT2D eigenvalue weighted by Crippen LogP contribution is 2.22. The van der Waals surface area contributed by atoms with Crippen LogP contribution in [0, 0.1) is 0 Å². The number of nitrogens with zero attached hydrogens (tertiary/aromatic N) is 1. The third kappa shape index (κ3) is 1.67. The summed E-state index contributed by atoms with van der Waals surface area (Å²) >= 11 is 10.0. The van der Waals surface area contributed by atoms with E-state index < -0.39 is 0 Å². The molecule has 1 heterocycles. The van der Waals surface area contributed by atoms with Crippen LogP contribution in [-0.2, 0) is 6.42 Å². The Balaban J connectivity index is 2.58. The molecule has 0 fully saturated rings. The lowest BCUT2D eigenvalue weighted by molar-refractivity contribution is 0.447. The van der Waals surface area contributed by atoms with E-state index in [0.717, 1.165) is 28.8 Å². The van der Waals surface area contributed by atoms with Gasteiger partial charge in [-0.3, -0.25) is 0 Å². The van der Waals surface area contributed by atoms with E-state index in [1.165, 1.54) is 0 Å². The SMILES string of the molecule is SCCc1noc2ccc(Cl)cc12. The summed E-state index contributed by atoms with van der Waals surface area (Å²) in [5, 5.41) is 5.64. The number of hydrogen-bond donors (Lipinski definition) is 1. The van der Waals surface area contributed by atoms with Gasteiger partial charge in [-0.1, -0.05) is 16.8 Å². The van der Waals surface area contributed by atoms with Crippen molar-refractivity contribution >= 4 is 35.2 Å². The summed E-state index contributed by atoms with van der Waals surface area (Å²) in [6, 6.07) is 5.48. The maximum Gasteiger partial charge on any atom is 0.167 e. The molecule has 2 nitrogen and oxygen atoms in total. The lowest BCUT2D eigenvalue weighted by atomic mass is 10.2. The minimum Gasteiger partial charge on any atom is -0.356 e. The molecule has 0 aliphatic heterocycles. The van der Waals surface area contributed by atoms with Gasteiger partial charge in [0.1, 0.15) is 0 Å². The molecule has 0 atom stereocenters. The highest BCUT2D eigenvalue weighted by Gasteiger charge is 2.06. The summed E-state index contributed by atoms with van der Waals surface area (Å²) < 4.78 is 5.11. The van der Waals surface area contributed by atoms with Crippen LogP contribution in [-0.4, -0.2) is 10.9 Å². The standard InChI is InChI=1S/C9H8ClNOS/c10-6-1-2-9-7(5-6)8(3-4-13)11-12-9/h1-2,5,13H,3-4H2. The van der Waals surface area contributed by atoms with Gasteiger partial charge in [0, 0.05) is 16.8 Å². The molecule has 1 aromatic heterocycles. The summed E-state index contributed by atoms with van der Waals surface area (Å²) in [5.74, 6) is 0.758. The van der Waals surface area contributed by atoms with Crippen molar-refractivity contribution in [2.45, 2.75) is 6.42 Å². The summed E-state index contributed by atoms with van der Waals surface area (Å²) in [4.78, 5) is 0. The van der Waals surface area contributed by atoms with E-state index in [1.807, 2.05) is 12.1 Å². The average Bonchev–Trinajstić information content (AvgIpc) is 2.49. The fourth-order valence-electron chi connectivity index (χ4n) is 1.25. The second-order valence-electron chi connectivity index (χ2n) is 2.74. The first-order valence-electron chi connectivity index (χ1n) is 3.96. The average molecular weight is 214 g/mol. The first-order valence-corrected chi connectivity index (χ1v) is 4.97. The first-order chi connectivity index (χ1) is 6.31. The van der Waals surface area contributed by atoms with E-state index in [-0.39, 0.29) is 0 Å². The summed E-state index contributed by atoms with van der Waals surface area (Å²) in [6.45, 7) is 0. The molecule has 0 saturated heterocycles. The molecule has 68 valence electrons. The normalized spacial score (nSPS) is 10.9. The van der Waals surface area contributed by atoms with Crippen molar-refractivity contribution in [3.63, 3.8) is 0 Å². The molecule has 1 aromatic carbocycles. The zero-order valence-electron chi connectivity index (χ0n) is 6.83. The number of hydrogen-bond acceptors (Lipinski definition) is 3. The fraction of sp³-hybridized carbons (Fsp3) is 0.222. The monoisotopic (exact) mass is 213 g/mol. The van der Waals surface area contributed by atoms with Crippen LogP contribution in [0.5, 0.6) is 0 Å². The van der Waals surface area contributed by atoms with Crippen LogP contribution >= 0.6 is 24.2 Å². The predicted octanol–water partition coefficient (Wildman–Crippen LogP) is 2.95. The number of rotatable bonds is 2. The molecule has 0 radical (unpaired) electrons. The Morgan fingerprint density at radius 1 is 1.46 bits per heavy atom. The van der Waals surface area contributed by atoms with E-state index in [0.29, 0.717) is 5.02 Å². The van der Waals surface area contributed by atoms with Gasteiger partial charge in [0.15, 0.2) is 5.58 Å². The Bertz CT molecular complexity index is 426. The third-order valence-electron chi connectivity index (χ3n) is 1.86. The quantitative estimate of drug-likeness (QED) is 0.777. The molecule has 0 aliphatic carbocycles. The maximum atomic E-state index is 5.86. The van der Waals surface area contributed by atoms with Crippen LogP contribution < -0.4 is 0 Å². The van der Waals surface area contributed by atoms with Crippen molar-refractivity contribution in [2.24, 2.45) is 0 Å². The Kier molecular flexibility index (Phi) is 2.47. The van der Waals surface area contributed by atoms with Crippen LogP contribution in [0.1, 0.15) is 5.69 Å². The highest BCUT2D eigenvalue weighted by atomic mass is 35.5. The van der Waals surface area contributed by atoms with Crippen molar-refractivity contribution in [3.05, 3.63) is 28.9 Å². The molecule has 0 aliphatic rings. The first kappa shape index (κ1) is 8.91. The van der Waals surface area contributed by atoms with Gasteiger partial charge >= 0.3 is 0 Å². The molecule has 4 heteroatoms. The van der Waals surface area contributed by atoms with Gasteiger partial charge in [0.25, 0.3) is 0 Å². The van der Waals surface area contributed by atoms with Gasteiger partial charge < -0.3 is 4.52 Å². The van der Waals surface area contributed by atoms with E-state index in [1.54, 1.807) is 6.07 Å². The van der Waals surface area contributed by atoms with Gasteiger partial charge in [0.2, 0.25) is 0 Å². The number of benzene rings is 1. The molecule has 0 amide bonds. The molecular formula is C9H8ClNOS. The number of thiol groups is 1. The molecule has 0 N–H and O–H groups in total. The van der Waals surface area contributed by atoms with Gasteiger partial charge in [-0.25, -0.2) is 0 Å². The van der Waals surface area contributed by atoms with Crippen LogP contribution in [0.15, 0.2) is 22.7 Å². The Morgan fingerprint density at radius 3 is 3.08 bits per heavy atom. The summed E-state index contributed by atoms with van der Waals surface area (Å²) in [5.41, 5.74) is 1.70. The fourth-order valence-corrected chi connectivity index (χ4v) is 1.63. The van der Waals surface area contributed by atoms with Gasteiger partial charge in [0.05, 0.1) is 5.69 Å². The Morgan fingerprint density at radius 2 is 2.31 bits per heavy atom. The van der Waals surface area contributed by atoms with Crippen LogP contribution in [0.4, 0.5) is 0 Å². The molecule has 0 spiro atoms. The van der Waals surface area contributed by atoms with Crippen molar-refractivity contribution in [2.75, 3.05) is 5.75 Å². The van der Waals surface area contributed by atoms with Gasteiger partial charge in [-0.05, 0) is 24.0 Å². The second kappa shape index (κ2) is 3.60. The van der Waals surface area contributed by atoms with Crippen LogP contribution in [0.3, 0.4) is 0 Å². The molecule has 13 heavy (non-hydrogen) atoms. The van der Waals surface area contributed by atoms with E-state index in [9.17, 15) is 0 Å². The number of fused-ring (bicyclic) bond motifs is 1. The Labute approximate surface area is 86.3 Å². The van der Waals surface area contributed by atoms with Gasteiger partial charge in [-0.2, -0.15) is 12.6 Å². The second-order valence-corrected chi connectivity index (χ2v) is 3.63. The molecule has 0 unspecified atom stereocenters. The zero-order valence-corrected chi connectivity index (χ0v) is 8.48. The lowest BCUT2D eigenvalue weighted by Gasteiger charge is -1.91. The van der Waals surface area contributed by atoms with Crippen LogP contribution in [0.2, 0.25) is 5.02 Å². The topological polar surface area (TPSA) is 26.0 Å². The molecule has 2 aromatic rings. The van der Waals surface area contributed by atoms with Crippen molar-refractivity contribution < 1.29 is 4.52 Å². The predicted molar refractivity (Wildman–Crippen MR) is 56.6 cm³/mol. The Hall–Kier alpha value is -0.670. The van der Waals surface area contributed by atoms with Gasteiger partial charge in [-0.15, -0.1) is 0 Å². The smallest absolute Gasteiger partial charge is 0.167 e. The van der Waals surface area contributed by atoms with Crippen LogP contribution in [0.25, 0.3) is 11.0 Å². The van der Waals surface area contributed by atoms with Crippen molar-refractivity contribution in [3.8, 4) is 0 Å². The summed E-state index contributed by atoms with van der Waals surface area (Å²) in [6.07, 6.45) is 0.802. The number of aromatic nitrogens is 1. The zero-order chi connectivity index (χ0) is 9.26. The molecule has 0 bridgehead atoms. The van der Waals surface area contributed by atoms with Crippen molar-refractivity contribution in [1.82, 2.24) is 5.16 Å². The minimum absolute atomic E-state index is 0.705. The number of halogens is 1. The van der Waals surface area contributed by atoms with E-state index >= 15 is 0 Å². The van der Waals surface area contributed by atoms with Crippen molar-refractivity contribution in [1.29, 1.82) is 0 Å². The molecule has 0 saturated carbocycles. The molecule has 2 rings (SSSR count). The number of aryl methyl sites for hydroxylation is 1. The largest absolute Gasteiger partial charge is 0.356 e. The minimum atomic E-state index is 0.705. The summed E-state index contributed by atoms with van der Waals surface area (Å²) in [7, 11) is 0. The molecular weight excluding hydrogens is 206 g/mol. The van der Waals surface area contributed by atoms with E-state index in [2.05, 4.69) is 17.8 Å². The maximum absolute atomic E-state index is 5.86. The highest BCUT2D eigenvalue weighted by molar-refractivity contribution is 7.80. The van der Waals surface area contributed by atoms with E-state index in [4.69, 9.17) is 16.1 Å². The lowest BCUT2D eigenvalue weighted by Crippen LogP contribution is -1.85. The third-order valence-corrected chi connectivity index (χ3v) is 2.31.